The summed E-state index contributed by atoms with van der Waals surface area (Å²) in [7, 11) is 1.69. The summed E-state index contributed by atoms with van der Waals surface area (Å²) in [6.45, 7) is 0.776. The van der Waals surface area contributed by atoms with Gasteiger partial charge in [-0.1, -0.05) is 36.4 Å². The molecule has 1 amide bonds. The molecule has 132 valence electrons. The van der Waals surface area contributed by atoms with E-state index >= 15 is 0 Å². The average Bonchev–Trinajstić information content (AvgIpc) is 2.92. The Labute approximate surface area is 151 Å². The van der Waals surface area contributed by atoms with Gasteiger partial charge >= 0.3 is 0 Å². The van der Waals surface area contributed by atoms with Crippen LogP contribution in [0.3, 0.4) is 0 Å². The maximum atomic E-state index is 12.2. The molecule has 0 aromatic heterocycles. The molecule has 0 radical (unpaired) electrons. The standard InChI is InChI=1S/C18H18ClNO4S/c19-25(22,23)13-15-9-18(21)20(11-15)16-7-4-8-17(10-16)24-12-14-5-2-1-3-6-14/h1-8,10,15H,9,11-13H2. The first kappa shape index (κ1) is 17.8. The first-order valence-corrected chi connectivity index (χ1v) is 10.4. The summed E-state index contributed by atoms with van der Waals surface area (Å²) in [6.07, 6.45) is 0.182. The van der Waals surface area contributed by atoms with Gasteiger partial charge in [-0.2, -0.15) is 0 Å². The Morgan fingerprint density at radius 1 is 1.12 bits per heavy atom. The second kappa shape index (κ2) is 7.45. The highest BCUT2D eigenvalue weighted by molar-refractivity contribution is 8.13. The van der Waals surface area contributed by atoms with Crippen LogP contribution in [-0.2, 0) is 20.5 Å². The van der Waals surface area contributed by atoms with E-state index < -0.39 is 9.05 Å². The second-order valence-electron chi connectivity index (χ2n) is 6.05. The first-order valence-electron chi connectivity index (χ1n) is 7.90. The zero-order valence-electron chi connectivity index (χ0n) is 13.5. The van der Waals surface area contributed by atoms with Crippen molar-refractivity contribution in [1.29, 1.82) is 0 Å². The predicted molar refractivity (Wildman–Crippen MR) is 97.3 cm³/mol. The molecule has 1 unspecified atom stereocenters. The van der Waals surface area contributed by atoms with Gasteiger partial charge in [-0.3, -0.25) is 4.79 Å². The van der Waals surface area contributed by atoms with Gasteiger partial charge in [0.15, 0.2) is 0 Å². The number of benzene rings is 2. The number of anilines is 1. The fourth-order valence-electron chi connectivity index (χ4n) is 2.91. The van der Waals surface area contributed by atoms with Crippen LogP contribution in [-0.4, -0.2) is 26.6 Å². The minimum atomic E-state index is -3.62. The van der Waals surface area contributed by atoms with E-state index in [1.54, 1.807) is 11.0 Å². The summed E-state index contributed by atoms with van der Waals surface area (Å²) < 4.78 is 28.2. The van der Waals surface area contributed by atoms with Crippen LogP contribution in [0.15, 0.2) is 54.6 Å². The molecule has 1 atom stereocenters. The Balaban J connectivity index is 1.68. The van der Waals surface area contributed by atoms with Gasteiger partial charge < -0.3 is 9.64 Å². The van der Waals surface area contributed by atoms with Crippen LogP contribution in [0.5, 0.6) is 5.75 Å². The summed E-state index contributed by atoms with van der Waals surface area (Å²) in [5.41, 5.74) is 1.75. The highest BCUT2D eigenvalue weighted by atomic mass is 35.7. The molecule has 2 aromatic rings. The predicted octanol–water partition coefficient (Wildman–Crippen LogP) is 3.19. The van der Waals surface area contributed by atoms with Crippen molar-refractivity contribution in [3.8, 4) is 5.75 Å². The molecular formula is C18H18ClNO4S. The molecule has 1 heterocycles. The van der Waals surface area contributed by atoms with Gasteiger partial charge in [0, 0.05) is 41.3 Å². The Hall–Kier alpha value is -2.05. The van der Waals surface area contributed by atoms with Crippen molar-refractivity contribution in [3.05, 3.63) is 60.2 Å². The zero-order valence-corrected chi connectivity index (χ0v) is 15.0. The van der Waals surface area contributed by atoms with Crippen LogP contribution in [0.25, 0.3) is 0 Å². The zero-order chi connectivity index (χ0) is 17.9. The summed E-state index contributed by atoms with van der Waals surface area (Å²) in [4.78, 5) is 13.8. The average molecular weight is 380 g/mol. The quantitative estimate of drug-likeness (QED) is 0.723. The van der Waals surface area contributed by atoms with Crippen molar-refractivity contribution in [1.82, 2.24) is 0 Å². The number of halogens is 1. The van der Waals surface area contributed by atoms with E-state index in [0.29, 0.717) is 24.6 Å². The molecule has 2 aromatic carbocycles. The van der Waals surface area contributed by atoms with Gasteiger partial charge in [0.25, 0.3) is 0 Å². The van der Waals surface area contributed by atoms with Crippen molar-refractivity contribution in [3.63, 3.8) is 0 Å². The highest BCUT2D eigenvalue weighted by Gasteiger charge is 2.33. The smallest absolute Gasteiger partial charge is 0.232 e. The number of amides is 1. The first-order chi connectivity index (χ1) is 11.9. The SMILES string of the molecule is O=C1CC(CS(=O)(=O)Cl)CN1c1cccc(OCc2ccccc2)c1. The van der Waals surface area contributed by atoms with Crippen molar-refractivity contribution < 1.29 is 17.9 Å². The lowest BCUT2D eigenvalue weighted by atomic mass is 10.1. The summed E-state index contributed by atoms with van der Waals surface area (Å²) in [5.74, 6) is 0.0676. The van der Waals surface area contributed by atoms with E-state index in [4.69, 9.17) is 15.4 Å². The Kier molecular flexibility index (Phi) is 5.30. The van der Waals surface area contributed by atoms with Gasteiger partial charge in [-0.05, 0) is 17.7 Å². The van der Waals surface area contributed by atoms with Gasteiger partial charge in [0.05, 0.1) is 5.75 Å². The van der Waals surface area contributed by atoms with Crippen LogP contribution >= 0.6 is 10.7 Å². The van der Waals surface area contributed by atoms with Crippen molar-refractivity contribution in [2.24, 2.45) is 5.92 Å². The normalized spacial score (nSPS) is 17.7. The Bertz CT molecular complexity index is 854. The van der Waals surface area contributed by atoms with Gasteiger partial charge in [-0.25, -0.2) is 8.42 Å². The Morgan fingerprint density at radius 3 is 2.60 bits per heavy atom. The topological polar surface area (TPSA) is 63.7 Å². The van der Waals surface area contributed by atoms with E-state index in [9.17, 15) is 13.2 Å². The molecule has 1 saturated heterocycles. The highest BCUT2D eigenvalue weighted by Crippen LogP contribution is 2.29. The van der Waals surface area contributed by atoms with E-state index in [1.807, 2.05) is 48.5 Å². The number of carbonyl (C=O) groups excluding carboxylic acids is 1. The lowest BCUT2D eigenvalue weighted by Crippen LogP contribution is -2.25. The lowest BCUT2D eigenvalue weighted by molar-refractivity contribution is -0.117. The molecule has 0 bridgehead atoms. The number of ether oxygens (including phenoxy) is 1. The molecule has 1 aliphatic rings. The number of rotatable bonds is 6. The third-order valence-corrected chi connectivity index (χ3v) is 5.27. The number of hydrogen-bond donors (Lipinski definition) is 0. The maximum absolute atomic E-state index is 12.2. The largest absolute Gasteiger partial charge is 0.489 e. The molecule has 5 nitrogen and oxygen atoms in total. The van der Waals surface area contributed by atoms with E-state index in [1.165, 1.54) is 0 Å². The van der Waals surface area contributed by atoms with Crippen LogP contribution in [0.1, 0.15) is 12.0 Å². The van der Waals surface area contributed by atoms with Crippen LogP contribution in [0.2, 0.25) is 0 Å². The minimum Gasteiger partial charge on any atom is -0.489 e. The molecule has 3 rings (SSSR count). The van der Waals surface area contributed by atoms with Crippen molar-refractivity contribution >= 4 is 31.3 Å². The number of hydrogen-bond acceptors (Lipinski definition) is 4. The third kappa shape index (κ3) is 4.96. The van der Waals surface area contributed by atoms with Crippen molar-refractivity contribution in [2.75, 3.05) is 17.2 Å². The minimum absolute atomic E-state index is 0.106. The monoisotopic (exact) mass is 379 g/mol. The van der Waals surface area contributed by atoms with Gasteiger partial charge in [-0.15, -0.1) is 0 Å². The van der Waals surface area contributed by atoms with E-state index in [-0.39, 0.29) is 24.0 Å². The lowest BCUT2D eigenvalue weighted by Gasteiger charge is -2.17. The molecule has 0 saturated carbocycles. The van der Waals surface area contributed by atoms with Crippen LogP contribution in [0.4, 0.5) is 5.69 Å². The second-order valence-corrected chi connectivity index (χ2v) is 8.87. The number of nitrogens with zero attached hydrogens (tertiary/aromatic N) is 1. The molecule has 1 fully saturated rings. The summed E-state index contributed by atoms with van der Waals surface area (Å²) in [5, 5.41) is 0. The molecule has 0 aliphatic carbocycles. The molecule has 0 N–H and O–H groups in total. The fourth-order valence-corrected chi connectivity index (χ4v) is 4.23. The fraction of sp³-hybridized carbons (Fsp3) is 0.278. The Morgan fingerprint density at radius 2 is 1.88 bits per heavy atom. The molecule has 7 heteroatoms. The van der Waals surface area contributed by atoms with E-state index in [0.717, 1.165) is 5.56 Å². The van der Waals surface area contributed by atoms with Crippen molar-refractivity contribution in [2.45, 2.75) is 13.0 Å². The molecular weight excluding hydrogens is 362 g/mol. The van der Waals surface area contributed by atoms with Gasteiger partial charge in [0.1, 0.15) is 12.4 Å². The van der Waals surface area contributed by atoms with Crippen LogP contribution < -0.4 is 9.64 Å². The number of carbonyl (C=O) groups is 1. The van der Waals surface area contributed by atoms with Crippen LogP contribution in [0, 0.1) is 5.92 Å². The van der Waals surface area contributed by atoms with E-state index in [2.05, 4.69) is 0 Å². The maximum Gasteiger partial charge on any atom is 0.232 e. The molecule has 25 heavy (non-hydrogen) atoms. The third-order valence-electron chi connectivity index (χ3n) is 4.02. The summed E-state index contributed by atoms with van der Waals surface area (Å²) >= 11 is 0. The summed E-state index contributed by atoms with van der Waals surface area (Å²) in [6, 6.07) is 17.0. The molecule has 0 spiro atoms. The molecule has 1 aliphatic heterocycles. The van der Waals surface area contributed by atoms with Gasteiger partial charge in [0.2, 0.25) is 15.0 Å².